The molecule has 0 spiro atoms. The van der Waals surface area contributed by atoms with Gasteiger partial charge in [-0.1, -0.05) is 41.9 Å². The van der Waals surface area contributed by atoms with Crippen LogP contribution in [0.1, 0.15) is 12.5 Å². The number of esters is 1. The summed E-state index contributed by atoms with van der Waals surface area (Å²) in [4.78, 5) is 39.4. The van der Waals surface area contributed by atoms with Crippen molar-refractivity contribution >= 4 is 35.2 Å². The molecule has 0 fully saturated rings. The third-order valence-electron chi connectivity index (χ3n) is 3.29. The summed E-state index contributed by atoms with van der Waals surface area (Å²) in [5.41, 5.74) is 0.835. The Balaban J connectivity index is 1.73. The molecule has 0 saturated heterocycles. The van der Waals surface area contributed by atoms with Gasteiger partial charge in [0.05, 0.1) is 11.4 Å². The van der Waals surface area contributed by atoms with E-state index in [-0.39, 0.29) is 18.9 Å². The van der Waals surface area contributed by atoms with Crippen LogP contribution >= 0.6 is 11.6 Å². The van der Waals surface area contributed by atoms with Crippen LogP contribution in [0.4, 0.5) is 5.82 Å². The van der Waals surface area contributed by atoms with Crippen LogP contribution in [-0.4, -0.2) is 35.4 Å². The van der Waals surface area contributed by atoms with E-state index in [0.717, 1.165) is 5.56 Å². The van der Waals surface area contributed by atoms with E-state index in [2.05, 4.69) is 15.6 Å². The molecule has 2 amide bonds. The van der Waals surface area contributed by atoms with Gasteiger partial charge in [-0.05, 0) is 24.6 Å². The number of nitrogens with zero attached hydrogens (tertiary/aromatic N) is 1. The topological polar surface area (TPSA) is 97.4 Å². The van der Waals surface area contributed by atoms with E-state index in [1.54, 1.807) is 6.07 Å². The van der Waals surface area contributed by atoms with Crippen LogP contribution in [0.15, 0.2) is 48.7 Å². The first-order valence-corrected chi connectivity index (χ1v) is 8.24. The number of pyridine rings is 1. The van der Waals surface area contributed by atoms with E-state index in [0.29, 0.717) is 10.8 Å². The van der Waals surface area contributed by atoms with Gasteiger partial charge in [0.15, 0.2) is 6.10 Å². The number of carbonyl (C=O) groups excluding carboxylic acids is 3. The Hall–Kier alpha value is -2.93. The second-order valence-electron chi connectivity index (χ2n) is 5.42. The molecule has 0 saturated carbocycles. The minimum Gasteiger partial charge on any atom is -0.451 e. The van der Waals surface area contributed by atoms with Crippen molar-refractivity contribution in [1.29, 1.82) is 0 Å². The van der Waals surface area contributed by atoms with Crippen molar-refractivity contribution in [3.8, 4) is 0 Å². The van der Waals surface area contributed by atoms with Gasteiger partial charge in [-0.2, -0.15) is 0 Å². The Kier molecular flexibility index (Phi) is 7.11. The summed E-state index contributed by atoms with van der Waals surface area (Å²) in [5, 5.41) is 5.40. The Bertz CT molecular complexity index is 766. The SMILES string of the molecule is C[C@@H](OC(=O)CNC(=O)Cc1ccccc1)C(=O)Nc1ccc(Cl)cn1. The number of anilines is 1. The van der Waals surface area contributed by atoms with Crippen molar-refractivity contribution in [2.75, 3.05) is 11.9 Å². The molecule has 0 aliphatic carbocycles. The molecule has 2 rings (SSSR count). The zero-order chi connectivity index (χ0) is 18.9. The summed E-state index contributed by atoms with van der Waals surface area (Å²) >= 11 is 5.71. The number of aromatic nitrogens is 1. The molecular weight excluding hydrogens is 358 g/mol. The maximum atomic E-state index is 12.0. The van der Waals surface area contributed by atoms with Crippen LogP contribution < -0.4 is 10.6 Å². The van der Waals surface area contributed by atoms with Crippen LogP contribution in [0.5, 0.6) is 0 Å². The minimum atomic E-state index is -1.04. The molecule has 8 heteroatoms. The quantitative estimate of drug-likeness (QED) is 0.721. The molecule has 0 radical (unpaired) electrons. The van der Waals surface area contributed by atoms with Gasteiger partial charge in [0.2, 0.25) is 5.91 Å². The molecule has 2 aromatic rings. The summed E-state index contributed by atoms with van der Waals surface area (Å²) < 4.78 is 4.99. The molecule has 2 N–H and O–H groups in total. The van der Waals surface area contributed by atoms with Crippen molar-refractivity contribution in [3.63, 3.8) is 0 Å². The predicted molar refractivity (Wildman–Crippen MR) is 96.6 cm³/mol. The second kappa shape index (κ2) is 9.53. The van der Waals surface area contributed by atoms with E-state index < -0.39 is 18.0 Å². The van der Waals surface area contributed by atoms with E-state index in [9.17, 15) is 14.4 Å². The Morgan fingerprint density at radius 3 is 2.54 bits per heavy atom. The average molecular weight is 376 g/mol. The Morgan fingerprint density at radius 1 is 1.15 bits per heavy atom. The highest BCUT2D eigenvalue weighted by Crippen LogP contribution is 2.10. The minimum absolute atomic E-state index is 0.159. The third kappa shape index (κ3) is 6.52. The maximum absolute atomic E-state index is 12.0. The van der Waals surface area contributed by atoms with Crippen LogP contribution in [0.3, 0.4) is 0 Å². The van der Waals surface area contributed by atoms with Crippen molar-refractivity contribution < 1.29 is 19.1 Å². The number of benzene rings is 1. The van der Waals surface area contributed by atoms with Crippen molar-refractivity contribution in [1.82, 2.24) is 10.3 Å². The molecule has 26 heavy (non-hydrogen) atoms. The van der Waals surface area contributed by atoms with Gasteiger partial charge in [0.25, 0.3) is 5.91 Å². The van der Waals surface area contributed by atoms with E-state index in [4.69, 9.17) is 16.3 Å². The maximum Gasteiger partial charge on any atom is 0.326 e. The third-order valence-corrected chi connectivity index (χ3v) is 3.52. The summed E-state index contributed by atoms with van der Waals surface area (Å²) in [6, 6.07) is 12.2. The molecule has 1 aromatic carbocycles. The van der Waals surface area contributed by atoms with Gasteiger partial charge in [0.1, 0.15) is 12.4 Å². The summed E-state index contributed by atoms with van der Waals surface area (Å²) in [5.74, 6) is -1.27. The first-order chi connectivity index (χ1) is 12.4. The molecule has 0 bridgehead atoms. The smallest absolute Gasteiger partial charge is 0.326 e. The van der Waals surface area contributed by atoms with Gasteiger partial charge >= 0.3 is 5.97 Å². The highest BCUT2D eigenvalue weighted by Gasteiger charge is 2.18. The molecule has 0 aliphatic heterocycles. The largest absolute Gasteiger partial charge is 0.451 e. The van der Waals surface area contributed by atoms with Gasteiger partial charge in [-0.3, -0.25) is 14.4 Å². The van der Waals surface area contributed by atoms with Crippen LogP contribution in [0, 0.1) is 0 Å². The second-order valence-corrected chi connectivity index (χ2v) is 5.86. The standard InChI is InChI=1S/C18H18ClN3O4/c1-12(18(25)22-15-8-7-14(19)10-20-15)26-17(24)11-21-16(23)9-13-5-3-2-4-6-13/h2-8,10,12H,9,11H2,1H3,(H,21,23)(H,20,22,25)/t12-/m1/s1. The Labute approximate surface area is 155 Å². The number of carbonyl (C=O) groups is 3. The molecule has 1 heterocycles. The van der Waals surface area contributed by atoms with Crippen LogP contribution in [0.2, 0.25) is 5.02 Å². The first-order valence-electron chi connectivity index (χ1n) is 7.86. The zero-order valence-electron chi connectivity index (χ0n) is 14.1. The van der Waals surface area contributed by atoms with Gasteiger partial charge in [0, 0.05) is 6.20 Å². The molecule has 0 unspecified atom stereocenters. The summed E-state index contributed by atoms with van der Waals surface area (Å²) in [6.45, 7) is 1.11. The highest BCUT2D eigenvalue weighted by molar-refractivity contribution is 6.30. The molecule has 0 aliphatic rings. The van der Waals surface area contributed by atoms with E-state index in [1.807, 2.05) is 30.3 Å². The fourth-order valence-electron chi connectivity index (χ4n) is 1.98. The lowest BCUT2D eigenvalue weighted by Gasteiger charge is -2.13. The van der Waals surface area contributed by atoms with Gasteiger partial charge < -0.3 is 15.4 Å². The Morgan fingerprint density at radius 2 is 1.88 bits per heavy atom. The number of ether oxygens (including phenoxy) is 1. The summed E-state index contributed by atoms with van der Waals surface area (Å²) in [7, 11) is 0. The average Bonchev–Trinajstić information content (AvgIpc) is 2.62. The number of amides is 2. The predicted octanol–water partition coefficient (Wildman–Crippen LogP) is 1.96. The monoisotopic (exact) mass is 375 g/mol. The van der Waals surface area contributed by atoms with Gasteiger partial charge in [-0.25, -0.2) is 4.98 Å². The number of nitrogens with one attached hydrogen (secondary N) is 2. The van der Waals surface area contributed by atoms with E-state index in [1.165, 1.54) is 19.2 Å². The lowest BCUT2D eigenvalue weighted by molar-refractivity contribution is -0.152. The number of hydrogen-bond donors (Lipinski definition) is 2. The van der Waals surface area contributed by atoms with Crippen LogP contribution in [-0.2, 0) is 25.5 Å². The molecule has 1 atom stereocenters. The van der Waals surface area contributed by atoms with Crippen molar-refractivity contribution in [2.45, 2.75) is 19.4 Å². The normalized spacial score (nSPS) is 11.3. The molecule has 136 valence electrons. The zero-order valence-corrected chi connectivity index (χ0v) is 14.8. The number of rotatable bonds is 7. The summed E-state index contributed by atoms with van der Waals surface area (Å²) in [6.07, 6.45) is 0.508. The number of hydrogen-bond acceptors (Lipinski definition) is 5. The fraction of sp³-hybridized carbons (Fsp3) is 0.222. The lowest BCUT2D eigenvalue weighted by atomic mass is 10.1. The van der Waals surface area contributed by atoms with Gasteiger partial charge in [-0.15, -0.1) is 0 Å². The highest BCUT2D eigenvalue weighted by atomic mass is 35.5. The van der Waals surface area contributed by atoms with Crippen LogP contribution in [0.25, 0.3) is 0 Å². The van der Waals surface area contributed by atoms with Crippen molar-refractivity contribution in [3.05, 3.63) is 59.2 Å². The number of halogens is 1. The van der Waals surface area contributed by atoms with E-state index >= 15 is 0 Å². The fourth-order valence-corrected chi connectivity index (χ4v) is 2.10. The first kappa shape index (κ1) is 19.4. The molecular formula is C18H18ClN3O4. The lowest BCUT2D eigenvalue weighted by Crippen LogP contribution is -2.36. The molecule has 1 aromatic heterocycles. The molecule has 7 nitrogen and oxygen atoms in total. The van der Waals surface area contributed by atoms with Crippen molar-refractivity contribution in [2.24, 2.45) is 0 Å².